The van der Waals surface area contributed by atoms with Gasteiger partial charge in [-0.25, -0.2) is 4.98 Å². The number of hydrogen-bond acceptors (Lipinski definition) is 4. The van der Waals surface area contributed by atoms with Gasteiger partial charge >= 0.3 is 0 Å². The van der Waals surface area contributed by atoms with Crippen molar-refractivity contribution in [1.29, 1.82) is 0 Å². The number of ketones is 1. The van der Waals surface area contributed by atoms with Crippen LogP contribution in [-0.2, 0) is 19.9 Å². The maximum absolute atomic E-state index is 13.2. The summed E-state index contributed by atoms with van der Waals surface area (Å²) in [6.45, 7) is 3.41. The van der Waals surface area contributed by atoms with Gasteiger partial charge in [0.05, 0.1) is 16.6 Å². The molecule has 0 fully saturated rings. The minimum Gasteiger partial charge on any atom is -0.322 e. The Hall–Kier alpha value is -3.02. The fourth-order valence-electron chi connectivity index (χ4n) is 3.73. The van der Waals surface area contributed by atoms with Crippen LogP contribution in [0.2, 0.25) is 0 Å². The van der Waals surface area contributed by atoms with E-state index < -0.39 is 0 Å². The van der Waals surface area contributed by atoms with Crippen molar-refractivity contribution in [3.63, 3.8) is 0 Å². The number of rotatable bonds is 3. The minimum atomic E-state index is -0.174. The average Bonchev–Trinajstić information content (AvgIpc) is 3.18. The van der Waals surface area contributed by atoms with Gasteiger partial charge in [0.15, 0.2) is 11.4 Å². The molecule has 0 saturated heterocycles. The highest BCUT2D eigenvalue weighted by Crippen LogP contribution is 2.32. The molecule has 1 aliphatic carbocycles. The first-order valence-corrected chi connectivity index (χ1v) is 8.73. The number of anilines is 1. The molecule has 6 heteroatoms. The number of benzene rings is 1. The van der Waals surface area contributed by atoms with Crippen molar-refractivity contribution >= 4 is 28.4 Å². The molecule has 1 N–H and O–H groups in total. The smallest absolute Gasteiger partial charge is 0.256 e. The summed E-state index contributed by atoms with van der Waals surface area (Å²) in [5.74, 6) is -0.205. The molecular formula is C20H20N4O2. The minimum absolute atomic E-state index is 0.0311. The first kappa shape index (κ1) is 16.4. The van der Waals surface area contributed by atoms with Crippen LogP contribution < -0.4 is 5.32 Å². The quantitative estimate of drug-likeness (QED) is 0.737. The van der Waals surface area contributed by atoms with Gasteiger partial charge in [-0.2, -0.15) is 5.10 Å². The molecule has 6 nitrogen and oxygen atoms in total. The van der Waals surface area contributed by atoms with E-state index in [0.29, 0.717) is 16.8 Å². The molecule has 132 valence electrons. The van der Waals surface area contributed by atoms with Gasteiger partial charge in [0.2, 0.25) is 0 Å². The number of hydrogen-bond donors (Lipinski definition) is 1. The molecule has 0 unspecified atom stereocenters. The third-order valence-corrected chi connectivity index (χ3v) is 4.93. The van der Waals surface area contributed by atoms with Crippen molar-refractivity contribution in [2.75, 3.05) is 5.32 Å². The Morgan fingerprint density at radius 3 is 2.81 bits per heavy atom. The second-order valence-corrected chi connectivity index (χ2v) is 6.76. The molecule has 0 saturated carbocycles. The van der Waals surface area contributed by atoms with Crippen LogP contribution in [0, 0.1) is 6.92 Å². The van der Waals surface area contributed by atoms with Gasteiger partial charge in [0.1, 0.15) is 0 Å². The molecule has 4 rings (SSSR count). The van der Waals surface area contributed by atoms with Gasteiger partial charge in [-0.05, 0) is 50.8 Å². The number of Topliss-reactive ketones (excluding diaryl/α,β-unsaturated/α-hetero) is 1. The van der Waals surface area contributed by atoms with E-state index in [1.54, 1.807) is 28.9 Å². The largest absolute Gasteiger partial charge is 0.322 e. The molecule has 1 amide bonds. The lowest BCUT2D eigenvalue weighted by molar-refractivity contribution is 0.101. The fourth-order valence-corrected chi connectivity index (χ4v) is 3.73. The number of carbonyl (C=O) groups excluding carboxylic acids is 2. The Labute approximate surface area is 151 Å². The SMILES string of the molecule is CC(=O)c1cccc(NC(=O)c2c3c(nc4c2c(C)nn4C)CCC3)c1. The molecule has 1 aliphatic rings. The normalized spacial score (nSPS) is 13.0. The molecule has 0 bridgehead atoms. The first-order chi connectivity index (χ1) is 12.5. The topological polar surface area (TPSA) is 76.9 Å². The highest BCUT2D eigenvalue weighted by atomic mass is 16.1. The van der Waals surface area contributed by atoms with Gasteiger partial charge in [-0.1, -0.05) is 12.1 Å². The Balaban J connectivity index is 1.82. The molecule has 0 aliphatic heterocycles. The lowest BCUT2D eigenvalue weighted by Crippen LogP contribution is -2.16. The second kappa shape index (κ2) is 6.05. The Morgan fingerprint density at radius 1 is 1.23 bits per heavy atom. The van der Waals surface area contributed by atoms with E-state index in [-0.39, 0.29) is 11.7 Å². The fraction of sp³-hybridized carbons (Fsp3) is 0.300. The standard InChI is InChI=1S/C20H20N4O2/c1-11-17-18(15-8-5-9-16(15)22-19(17)24(3)23-11)20(26)21-14-7-4-6-13(10-14)12(2)25/h4,6-7,10H,5,8-9H2,1-3H3,(H,21,26). The van der Waals surface area contributed by atoms with Crippen LogP contribution in [0.4, 0.5) is 5.69 Å². The maximum atomic E-state index is 13.2. The van der Waals surface area contributed by atoms with E-state index in [1.807, 2.05) is 14.0 Å². The Kier molecular flexibility index (Phi) is 3.83. The van der Waals surface area contributed by atoms with Crippen LogP contribution >= 0.6 is 0 Å². The zero-order valence-corrected chi connectivity index (χ0v) is 15.1. The third kappa shape index (κ3) is 2.58. The highest BCUT2D eigenvalue weighted by Gasteiger charge is 2.27. The summed E-state index contributed by atoms with van der Waals surface area (Å²) in [4.78, 5) is 29.5. The van der Waals surface area contributed by atoms with E-state index in [1.165, 1.54) is 6.92 Å². The predicted molar refractivity (Wildman–Crippen MR) is 99.7 cm³/mol. The van der Waals surface area contributed by atoms with Crippen molar-refractivity contribution < 1.29 is 9.59 Å². The zero-order chi connectivity index (χ0) is 18.4. The van der Waals surface area contributed by atoms with E-state index in [0.717, 1.165) is 47.2 Å². The number of carbonyl (C=O) groups is 2. The van der Waals surface area contributed by atoms with Gasteiger partial charge in [0.25, 0.3) is 5.91 Å². The predicted octanol–water partition coefficient (Wildman–Crippen LogP) is 3.22. The average molecular weight is 348 g/mol. The van der Waals surface area contributed by atoms with Gasteiger partial charge in [-0.3, -0.25) is 14.3 Å². The number of fused-ring (bicyclic) bond motifs is 2. The number of aromatic nitrogens is 3. The van der Waals surface area contributed by atoms with Crippen molar-refractivity contribution in [3.8, 4) is 0 Å². The second-order valence-electron chi connectivity index (χ2n) is 6.76. The molecule has 0 atom stereocenters. The summed E-state index contributed by atoms with van der Waals surface area (Å²) < 4.78 is 1.73. The number of aryl methyl sites for hydroxylation is 3. The molecule has 2 heterocycles. The summed E-state index contributed by atoms with van der Waals surface area (Å²) in [7, 11) is 1.85. The van der Waals surface area contributed by atoms with Crippen LogP contribution in [-0.4, -0.2) is 26.5 Å². The lowest BCUT2D eigenvalue weighted by Gasteiger charge is -2.12. The molecule has 0 spiro atoms. The number of nitrogens with zero attached hydrogens (tertiary/aromatic N) is 3. The van der Waals surface area contributed by atoms with E-state index >= 15 is 0 Å². The van der Waals surface area contributed by atoms with Crippen LogP contribution in [0.15, 0.2) is 24.3 Å². The van der Waals surface area contributed by atoms with E-state index in [2.05, 4.69) is 10.4 Å². The Morgan fingerprint density at radius 2 is 2.04 bits per heavy atom. The molecular weight excluding hydrogens is 328 g/mol. The van der Waals surface area contributed by atoms with Crippen LogP contribution in [0.25, 0.3) is 11.0 Å². The number of nitrogens with one attached hydrogen (secondary N) is 1. The molecule has 0 radical (unpaired) electrons. The third-order valence-electron chi connectivity index (χ3n) is 4.93. The van der Waals surface area contributed by atoms with Gasteiger partial charge in [-0.15, -0.1) is 0 Å². The number of amides is 1. The maximum Gasteiger partial charge on any atom is 0.256 e. The summed E-state index contributed by atoms with van der Waals surface area (Å²) in [5.41, 5.74) is 5.41. The summed E-state index contributed by atoms with van der Waals surface area (Å²) in [6.07, 6.45) is 2.74. The molecule has 2 aromatic heterocycles. The zero-order valence-electron chi connectivity index (χ0n) is 15.1. The van der Waals surface area contributed by atoms with Gasteiger partial charge in [0, 0.05) is 24.0 Å². The number of pyridine rings is 1. The summed E-state index contributed by atoms with van der Waals surface area (Å²) in [5, 5.41) is 8.22. The van der Waals surface area contributed by atoms with Crippen LogP contribution in [0.5, 0.6) is 0 Å². The first-order valence-electron chi connectivity index (χ1n) is 8.73. The van der Waals surface area contributed by atoms with Crippen molar-refractivity contribution in [1.82, 2.24) is 14.8 Å². The van der Waals surface area contributed by atoms with Gasteiger partial charge < -0.3 is 5.32 Å². The van der Waals surface area contributed by atoms with Crippen molar-refractivity contribution in [2.45, 2.75) is 33.1 Å². The summed E-state index contributed by atoms with van der Waals surface area (Å²) >= 11 is 0. The van der Waals surface area contributed by atoms with E-state index in [9.17, 15) is 9.59 Å². The monoisotopic (exact) mass is 348 g/mol. The highest BCUT2D eigenvalue weighted by molar-refractivity contribution is 6.14. The summed E-state index contributed by atoms with van der Waals surface area (Å²) in [6, 6.07) is 7.01. The lowest BCUT2D eigenvalue weighted by atomic mass is 10.0. The molecule has 1 aromatic carbocycles. The van der Waals surface area contributed by atoms with Crippen molar-refractivity contribution in [3.05, 3.63) is 52.3 Å². The van der Waals surface area contributed by atoms with E-state index in [4.69, 9.17) is 4.98 Å². The molecule has 26 heavy (non-hydrogen) atoms. The Bertz CT molecular complexity index is 1070. The molecule has 3 aromatic rings. The van der Waals surface area contributed by atoms with Crippen molar-refractivity contribution in [2.24, 2.45) is 7.05 Å². The van der Waals surface area contributed by atoms with Crippen LogP contribution in [0.1, 0.15) is 51.0 Å². The van der Waals surface area contributed by atoms with Crippen LogP contribution in [0.3, 0.4) is 0 Å².